The summed E-state index contributed by atoms with van der Waals surface area (Å²) < 4.78 is 27.1. The molecule has 0 fully saturated rings. The van der Waals surface area contributed by atoms with Crippen molar-refractivity contribution in [2.75, 3.05) is 6.54 Å². The predicted octanol–water partition coefficient (Wildman–Crippen LogP) is 2.45. The van der Waals surface area contributed by atoms with Crippen LogP contribution in [0.2, 0.25) is 0 Å². The van der Waals surface area contributed by atoms with Gasteiger partial charge < -0.3 is 5.32 Å². The molecule has 1 N–H and O–H groups in total. The monoisotopic (exact) mass is 249 g/mol. The Morgan fingerprint density at radius 2 is 2.11 bits per heavy atom. The number of halogens is 2. The number of aromatic nitrogens is 2. The SMILES string of the molecule is CCNC(c1ccncn1)c1cccc(F)c1F. The van der Waals surface area contributed by atoms with Gasteiger partial charge in [-0.2, -0.15) is 0 Å². The van der Waals surface area contributed by atoms with Crippen LogP contribution in [-0.4, -0.2) is 16.5 Å². The first-order chi connectivity index (χ1) is 8.74. The first-order valence-electron chi connectivity index (χ1n) is 5.67. The number of nitrogens with one attached hydrogen (secondary N) is 1. The van der Waals surface area contributed by atoms with Crippen LogP contribution in [0.1, 0.15) is 24.2 Å². The van der Waals surface area contributed by atoms with Crippen LogP contribution < -0.4 is 5.32 Å². The molecule has 1 heterocycles. The Morgan fingerprint density at radius 3 is 2.78 bits per heavy atom. The summed E-state index contributed by atoms with van der Waals surface area (Å²) in [4.78, 5) is 7.90. The minimum absolute atomic E-state index is 0.246. The average molecular weight is 249 g/mol. The molecule has 1 atom stereocenters. The molecule has 5 heteroatoms. The summed E-state index contributed by atoms with van der Waals surface area (Å²) in [5, 5.41) is 3.09. The quantitative estimate of drug-likeness (QED) is 0.904. The zero-order chi connectivity index (χ0) is 13.0. The van der Waals surface area contributed by atoms with Gasteiger partial charge in [-0.1, -0.05) is 19.1 Å². The molecule has 2 aromatic rings. The second-order valence-corrected chi connectivity index (χ2v) is 3.77. The van der Waals surface area contributed by atoms with Crippen molar-refractivity contribution in [2.24, 2.45) is 0 Å². The Morgan fingerprint density at radius 1 is 1.28 bits per heavy atom. The van der Waals surface area contributed by atoms with E-state index in [1.165, 1.54) is 12.4 Å². The van der Waals surface area contributed by atoms with E-state index in [-0.39, 0.29) is 5.56 Å². The van der Waals surface area contributed by atoms with Crippen LogP contribution in [0, 0.1) is 11.6 Å². The van der Waals surface area contributed by atoms with E-state index in [9.17, 15) is 8.78 Å². The summed E-state index contributed by atoms with van der Waals surface area (Å²) in [7, 11) is 0. The van der Waals surface area contributed by atoms with Crippen LogP contribution >= 0.6 is 0 Å². The van der Waals surface area contributed by atoms with Crippen LogP contribution in [-0.2, 0) is 0 Å². The van der Waals surface area contributed by atoms with Crippen LogP contribution in [0.3, 0.4) is 0 Å². The van der Waals surface area contributed by atoms with E-state index in [0.717, 1.165) is 6.07 Å². The van der Waals surface area contributed by atoms with Gasteiger partial charge in [0.1, 0.15) is 6.33 Å². The van der Waals surface area contributed by atoms with Gasteiger partial charge in [0, 0.05) is 11.8 Å². The van der Waals surface area contributed by atoms with Crippen LogP contribution in [0.25, 0.3) is 0 Å². The molecule has 18 heavy (non-hydrogen) atoms. The number of rotatable bonds is 4. The fourth-order valence-electron chi connectivity index (χ4n) is 1.79. The largest absolute Gasteiger partial charge is 0.305 e. The van der Waals surface area contributed by atoms with Gasteiger partial charge >= 0.3 is 0 Å². The van der Waals surface area contributed by atoms with Crippen molar-refractivity contribution in [3.63, 3.8) is 0 Å². The maximum absolute atomic E-state index is 13.8. The summed E-state index contributed by atoms with van der Waals surface area (Å²) in [5.74, 6) is -1.70. The molecule has 1 aromatic carbocycles. The summed E-state index contributed by atoms with van der Waals surface area (Å²) in [5.41, 5.74) is 0.854. The molecule has 0 amide bonds. The lowest BCUT2D eigenvalue weighted by molar-refractivity contribution is 0.481. The highest BCUT2D eigenvalue weighted by Crippen LogP contribution is 2.23. The lowest BCUT2D eigenvalue weighted by atomic mass is 10.0. The normalized spacial score (nSPS) is 12.4. The zero-order valence-electron chi connectivity index (χ0n) is 9.90. The number of hydrogen-bond donors (Lipinski definition) is 1. The summed E-state index contributed by atoms with van der Waals surface area (Å²) in [6, 6.07) is 5.33. The first kappa shape index (κ1) is 12.6. The summed E-state index contributed by atoms with van der Waals surface area (Å²) in [6.07, 6.45) is 2.96. The molecule has 0 radical (unpaired) electrons. The van der Waals surface area contributed by atoms with Crippen molar-refractivity contribution >= 4 is 0 Å². The molecule has 0 bridgehead atoms. The maximum Gasteiger partial charge on any atom is 0.163 e. The molecule has 1 unspecified atom stereocenters. The highest BCUT2D eigenvalue weighted by Gasteiger charge is 2.19. The highest BCUT2D eigenvalue weighted by atomic mass is 19.2. The van der Waals surface area contributed by atoms with E-state index >= 15 is 0 Å². The second-order valence-electron chi connectivity index (χ2n) is 3.77. The fraction of sp³-hybridized carbons (Fsp3) is 0.231. The Kier molecular flexibility index (Phi) is 3.94. The van der Waals surface area contributed by atoms with Crippen molar-refractivity contribution in [1.82, 2.24) is 15.3 Å². The molecule has 0 aliphatic rings. The Bertz CT molecular complexity index is 517. The molecular weight excluding hydrogens is 236 g/mol. The second kappa shape index (κ2) is 5.64. The summed E-state index contributed by atoms with van der Waals surface area (Å²) in [6.45, 7) is 2.51. The van der Waals surface area contributed by atoms with E-state index < -0.39 is 17.7 Å². The minimum Gasteiger partial charge on any atom is -0.305 e. The third-order valence-corrected chi connectivity index (χ3v) is 2.60. The average Bonchev–Trinajstić information content (AvgIpc) is 2.41. The molecule has 0 spiro atoms. The third-order valence-electron chi connectivity index (χ3n) is 2.60. The molecule has 1 aromatic heterocycles. The number of benzene rings is 1. The van der Waals surface area contributed by atoms with Gasteiger partial charge in [-0.25, -0.2) is 18.7 Å². The molecule has 2 rings (SSSR count). The first-order valence-corrected chi connectivity index (χ1v) is 5.67. The van der Waals surface area contributed by atoms with Crippen molar-refractivity contribution < 1.29 is 8.78 Å². The van der Waals surface area contributed by atoms with Gasteiger partial charge in [0.05, 0.1) is 11.7 Å². The molecular formula is C13H13F2N3. The smallest absolute Gasteiger partial charge is 0.163 e. The van der Waals surface area contributed by atoms with Crippen LogP contribution in [0.5, 0.6) is 0 Å². The van der Waals surface area contributed by atoms with Gasteiger partial charge in [0.25, 0.3) is 0 Å². The molecule has 0 saturated heterocycles. The van der Waals surface area contributed by atoms with Crippen LogP contribution in [0.4, 0.5) is 8.78 Å². The van der Waals surface area contributed by atoms with Gasteiger partial charge in [0.2, 0.25) is 0 Å². The van der Waals surface area contributed by atoms with Crippen molar-refractivity contribution in [2.45, 2.75) is 13.0 Å². The van der Waals surface area contributed by atoms with Gasteiger partial charge in [0.15, 0.2) is 11.6 Å². The standard InChI is InChI=1S/C13H13F2N3/c1-2-17-13(11-6-7-16-8-18-11)9-4-3-5-10(14)12(9)15/h3-8,13,17H,2H2,1H3. The molecule has 3 nitrogen and oxygen atoms in total. The van der Waals surface area contributed by atoms with E-state index in [2.05, 4.69) is 15.3 Å². The van der Waals surface area contributed by atoms with E-state index in [1.807, 2.05) is 6.92 Å². The lowest BCUT2D eigenvalue weighted by Gasteiger charge is -2.18. The van der Waals surface area contributed by atoms with Crippen molar-refractivity contribution in [3.8, 4) is 0 Å². The predicted molar refractivity (Wildman–Crippen MR) is 63.9 cm³/mol. The fourth-order valence-corrected chi connectivity index (χ4v) is 1.79. The Balaban J connectivity index is 2.45. The van der Waals surface area contributed by atoms with Gasteiger partial charge in [-0.15, -0.1) is 0 Å². The molecule has 0 saturated carbocycles. The van der Waals surface area contributed by atoms with Crippen LogP contribution in [0.15, 0.2) is 36.8 Å². The maximum atomic E-state index is 13.8. The molecule has 0 aliphatic carbocycles. The lowest BCUT2D eigenvalue weighted by Crippen LogP contribution is -2.24. The highest BCUT2D eigenvalue weighted by molar-refractivity contribution is 5.29. The number of nitrogens with zero attached hydrogens (tertiary/aromatic N) is 2. The van der Waals surface area contributed by atoms with Crippen molar-refractivity contribution in [1.29, 1.82) is 0 Å². The Hall–Kier alpha value is -1.88. The summed E-state index contributed by atoms with van der Waals surface area (Å²) >= 11 is 0. The van der Waals surface area contributed by atoms with E-state index in [0.29, 0.717) is 12.2 Å². The van der Waals surface area contributed by atoms with E-state index in [1.54, 1.807) is 18.3 Å². The Labute approximate surface area is 104 Å². The zero-order valence-corrected chi connectivity index (χ0v) is 9.90. The molecule has 0 aliphatic heterocycles. The topological polar surface area (TPSA) is 37.8 Å². The molecule has 94 valence electrons. The number of hydrogen-bond acceptors (Lipinski definition) is 3. The third kappa shape index (κ3) is 2.51. The van der Waals surface area contributed by atoms with E-state index in [4.69, 9.17) is 0 Å². The minimum atomic E-state index is -0.857. The van der Waals surface area contributed by atoms with Gasteiger partial charge in [-0.3, -0.25) is 0 Å². The van der Waals surface area contributed by atoms with Crippen molar-refractivity contribution in [3.05, 3.63) is 59.7 Å². The van der Waals surface area contributed by atoms with Gasteiger partial charge in [-0.05, 0) is 18.7 Å².